The van der Waals surface area contributed by atoms with Crippen LogP contribution >= 0.6 is 50.3 Å². The van der Waals surface area contributed by atoms with Gasteiger partial charge in [0, 0.05) is 24.3 Å². The molecule has 3 nitrogen and oxygen atoms in total. The van der Waals surface area contributed by atoms with E-state index in [2.05, 4.69) is 43.8 Å². The summed E-state index contributed by atoms with van der Waals surface area (Å²) in [5.41, 5.74) is 0.404. The quantitative estimate of drug-likeness (QED) is 0.303. The van der Waals surface area contributed by atoms with E-state index in [-0.39, 0.29) is 16.5 Å². The number of benzene rings is 2. The maximum atomic E-state index is 14.9. The molecule has 1 fully saturated rings. The Morgan fingerprint density at radius 1 is 1.27 bits per heavy atom. The van der Waals surface area contributed by atoms with E-state index in [1.807, 2.05) is 31.2 Å². The van der Waals surface area contributed by atoms with Crippen molar-refractivity contribution in [1.29, 1.82) is 0 Å². The number of rotatable bonds is 2. The van der Waals surface area contributed by atoms with E-state index in [1.54, 1.807) is 30.0 Å². The standard InChI is InChI=1S/C23H23BrFIN2OS/c1-22(17-13-16(24)10-11-18(17)25)14-23(12-6-5-9-19(23)26)30-21(28-22)27-20(29)15-7-3-2-4-8-15/h2-4,7-8,10-11,13,19H,5-6,9,12,14H2,1H3,(H,27,28,29). The van der Waals surface area contributed by atoms with E-state index in [1.165, 1.54) is 12.5 Å². The van der Waals surface area contributed by atoms with Gasteiger partial charge in [-0.1, -0.05) is 81.3 Å². The molecule has 1 saturated carbocycles. The average Bonchev–Trinajstić information content (AvgIpc) is 2.72. The summed E-state index contributed by atoms with van der Waals surface area (Å²) in [6.07, 6.45) is 5.27. The van der Waals surface area contributed by atoms with Gasteiger partial charge in [0.1, 0.15) is 5.82 Å². The van der Waals surface area contributed by atoms with E-state index in [0.717, 1.165) is 30.2 Å². The van der Waals surface area contributed by atoms with Gasteiger partial charge in [-0.3, -0.25) is 9.79 Å². The molecule has 1 amide bonds. The van der Waals surface area contributed by atoms with E-state index >= 15 is 0 Å². The number of nitrogens with zero attached hydrogens (tertiary/aromatic N) is 1. The van der Waals surface area contributed by atoms with Gasteiger partial charge >= 0.3 is 0 Å². The Kier molecular flexibility index (Phi) is 6.61. The van der Waals surface area contributed by atoms with Crippen LogP contribution in [0, 0.1) is 5.82 Å². The van der Waals surface area contributed by atoms with Crippen LogP contribution in [0.1, 0.15) is 54.9 Å². The molecule has 30 heavy (non-hydrogen) atoms. The highest BCUT2D eigenvalue weighted by atomic mass is 127. The van der Waals surface area contributed by atoms with Crippen molar-refractivity contribution in [3.63, 3.8) is 0 Å². The first-order valence-corrected chi connectivity index (χ1v) is 12.9. The second-order valence-electron chi connectivity index (χ2n) is 8.19. The van der Waals surface area contributed by atoms with E-state index in [9.17, 15) is 9.18 Å². The first-order chi connectivity index (χ1) is 14.3. The van der Waals surface area contributed by atoms with Crippen molar-refractivity contribution in [2.45, 2.75) is 53.2 Å². The molecule has 7 heteroatoms. The predicted molar refractivity (Wildman–Crippen MR) is 134 cm³/mol. The molecule has 1 heterocycles. The van der Waals surface area contributed by atoms with Gasteiger partial charge in [-0.15, -0.1) is 0 Å². The summed E-state index contributed by atoms with van der Waals surface area (Å²) < 4.78 is 16.1. The topological polar surface area (TPSA) is 41.5 Å². The van der Waals surface area contributed by atoms with Crippen LogP contribution in [0.25, 0.3) is 0 Å². The summed E-state index contributed by atoms with van der Waals surface area (Å²) >= 11 is 7.69. The van der Waals surface area contributed by atoms with E-state index in [0.29, 0.717) is 20.2 Å². The number of hydrogen-bond acceptors (Lipinski definition) is 3. The summed E-state index contributed by atoms with van der Waals surface area (Å²) in [7, 11) is 0. The first kappa shape index (κ1) is 22.3. The molecule has 4 rings (SSSR count). The Bertz CT molecular complexity index is 988. The minimum Gasteiger partial charge on any atom is -0.301 e. The minimum absolute atomic E-state index is 0.0800. The van der Waals surface area contributed by atoms with E-state index < -0.39 is 5.54 Å². The second kappa shape index (κ2) is 8.90. The van der Waals surface area contributed by atoms with Crippen molar-refractivity contribution in [2.75, 3.05) is 0 Å². The number of halogens is 3. The molecule has 2 aromatic rings. The molecule has 1 aliphatic heterocycles. The zero-order valence-corrected chi connectivity index (χ0v) is 21.2. The molecule has 0 aromatic heterocycles. The largest absolute Gasteiger partial charge is 0.301 e. The second-order valence-corrected chi connectivity index (χ2v) is 12.0. The van der Waals surface area contributed by atoms with Crippen molar-refractivity contribution in [1.82, 2.24) is 5.32 Å². The van der Waals surface area contributed by atoms with Crippen molar-refractivity contribution in [3.05, 3.63) is 69.9 Å². The summed E-state index contributed by atoms with van der Waals surface area (Å²) in [4.78, 5) is 17.8. The summed E-state index contributed by atoms with van der Waals surface area (Å²) in [5, 5.41) is 3.61. The monoisotopic (exact) mass is 600 g/mol. The lowest BCUT2D eigenvalue weighted by Gasteiger charge is -2.48. The highest BCUT2D eigenvalue weighted by Gasteiger charge is 2.50. The molecule has 158 valence electrons. The molecule has 2 aliphatic rings. The zero-order chi connectivity index (χ0) is 21.4. The fourth-order valence-corrected chi connectivity index (χ4v) is 7.79. The van der Waals surface area contributed by atoms with Crippen LogP contribution in [-0.4, -0.2) is 19.7 Å². The molecule has 3 atom stereocenters. The van der Waals surface area contributed by atoms with Crippen molar-refractivity contribution >= 4 is 61.4 Å². The van der Waals surface area contributed by atoms with Gasteiger partial charge in [-0.2, -0.15) is 0 Å². The van der Waals surface area contributed by atoms with Gasteiger partial charge in [0.05, 0.1) is 5.54 Å². The maximum absolute atomic E-state index is 14.9. The molecule has 1 N–H and O–H groups in total. The van der Waals surface area contributed by atoms with Crippen LogP contribution < -0.4 is 5.32 Å². The van der Waals surface area contributed by atoms with E-state index in [4.69, 9.17) is 4.99 Å². The normalized spacial score (nSPS) is 28.8. The molecule has 2 aromatic carbocycles. The SMILES string of the molecule is CC1(c2cc(Br)ccc2F)CC2(CCCCC2I)SC(NC(=O)c2ccccc2)=N1. The fourth-order valence-electron chi connectivity index (χ4n) is 4.46. The summed E-state index contributed by atoms with van der Waals surface area (Å²) in [6.45, 7) is 1.99. The van der Waals surface area contributed by atoms with Crippen LogP contribution in [0.5, 0.6) is 0 Å². The smallest absolute Gasteiger partial charge is 0.257 e. The summed E-state index contributed by atoms with van der Waals surface area (Å²) in [5.74, 6) is -0.446. The summed E-state index contributed by atoms with van der Waals surface area (Å²) in [6, 6.07) is 14.2. The lowest BCUT2D eigenvalue weighted by molar-refractivity contribution is 0.0977. The molecular weight excluding hydrogens is 578 g/mol. The predicted octanol–water partition coefficient (Wildman–Crippen LogP) is 6.84. The highest BCUT2D eigenvalue weighted by molar-refractivity contribution is 14.1. The number of aliphatic imine (C=N–C) groups is 1. The average molecular weight is 601 g/mol. The third-order valence-corrected chi connectivity index (χ3v) is 10.1. The van der Waals surface area contributed by atoms with Crippen LogP contribution in [0.15, 0.2) is 58.0 Å². The Hall–Kier alpha value is -0.930. The number of carbonyl (C=O) groups is 1. The number of carbonyl (C=O) groups excluding carboxylic acids is 1. The molecule has 0 bridgehead atoms. The number of hydrogen-bond donors (Lipinski definition) is 1. The highest BCUT2D eigenvalue weighted by Crippen LogP contribution is 2.55. The zero-order valence-electron chi connectivity index (χ0n) is 16.6. The molecule has 1 aliphatic carbocycles. The third kappa shape index (κ3) is 4.48. The van der Waals surface area contributed by atoms with Gasteiger partial charge in [0.25, 0.3) is 5.91 Å². The lowest BCUT2D eigenvalue weighted by atomic mass is 9.76. The van der Waals surface area contributed by atoms with Crippen LogP contribution in [0.4, 0.5) is 4.39 Å². The minimum atomic E-state index is -0.751. The Morgan fingerprint density at radius 2 is 2.03 bits per heavy atom. The van der Waals surface area contributed by atoms with Crippen molar-refractivity contribution in [2.24, 2.45) is 4.99 Å². The van der Waals surface area contributed by atoms with Crippen LogP contribution in [0.2, 0.25) is 0 Å². The first-order valence-electron chi connectivity index (χ1n) is 10.1. The molecule has 0 saturated heterocycles. The molecule has 1 spiro atoms. The van der Waals surface area contributed by atoms with Crippen molar-refractivity contribution < 1.29 is 9.18 Å². The van der Waals surface area contributed by atoms with Crippen LogP contribution in [0.3, 0.4) is 0 Å². The van der Waals surface area contributed by atoms with Gasteiger partial charge < -0.3 is 5.32 Å². The number of alkyl halides is 1. The van der Waals surface area contributed by atoms with Gasteiger partial charge in [0.15, 0.2) is 5.17 Å². The Labute approximate surface area is 203 Å². The lowest BCUT2D eigenvalue weighted by Crippen LogP contribution is -2.50. The third-order valence-electron chi connectivity index (χ3n) is 5.94. The number of amidine groups is 1. The maximum Gasteiger partial charge on any atom is 0.257 e. The molecule has 3 unspecified atom stereocenters. The number of amides is 1. The number of nitrogens with one attached hydrogen (secondary N) is 1. The fraction of sp³-hybridized carbons (Fsp3) is 0.391. The van der Waals surface area contributed by atoms with Gasteiger partial charge in [-0.05, 0) is 56.5 Å². The van der Waals surface area contributed by atoms with Crippen molar-refractivity contribution in [3.8, 4) is 0 Å². The van der Waals surface area contributed by atoms with Gasteiger partial charge in [-0.25, -0.2) is 4.39 Å². The Morgan fingerprint density at radius 3 is 2.77 bits per heavy atom. The van der Waals surface area contributed by atoms with Gasteiger partial charge in [0.2, 0.25) is 0 Å². The molecule has 0 radical (unpaired) electrons. The van der Waals surface area contributed by atoms with Crippen LogP contribution in [-0.2, 0) is 5.54 Å². The molecular formula is C23H23BrFIN2OS. The Balaban J connectivity index is 1.75. The number of thioether (sulfide) groups is 1.